The van der Waals surface area contributed by atoms with Crippen LogP contribution in [-0.2, 0) is 4.84 Å². The Morgan fingerprint density at radius 1 is 1.09 bits per heavy atom. The minimum atomic E-state index is -0.321. The lowest BCUT2D eigenvalue weighted by Crippen LogP contribution is -2.15. The van der Waals surface area contributed by atoms with Crippen molar-refractivity contribution in [1.82, 2.24) is 0 Å². The standard InChI is InChI=1S/C29H26FN3O2/c1-18-8-9-24(25(30)12-18)21-14-22(27-17-29(35-33-27)20-6-4-3-5-7-20)16-23(15-21)28(34)13-19(2)26-10-11-31-32-26/h3-9,11-12,14-16,19,29H,10,13,17H2,1-2H3/t19-,29?/m0/s1. The first-order valence-electron chi connectivity index (χ1n) is 11.8. The van der Waals surface area contributed by atoms with Crippen molar-refractivity contribution in [2.24, 2.45) is 21.3 Å². The molecular weight excluding hydrogens is 441 g/mol. The topological polar surface area (TPSA) is 63.4 Å². The minimum Gasteiger partial charge on any atom is -0.387 e. The van der Waals surface area contributed by atoms with E-state index in [4.69, 9.17) is 4.84 Å². The first-order valence-corrected chi connectivity index (χ1v) is 11.8. The SMILES string of the molecule is Cc1ccc(-c2cc(C(=O)C[C@H](C)C3=NN=CC3)cc(C3=NOC(c4ccccc4)C3)c2)c(F)c1. The van der Waals surface area contributed by atoms with Gasteiger partial charge in [-0.1, -0.05) is 54.5 Å². The molecule has 2 aliphatic heterocycles. The normalized spacial score (nSPS) is 17.6. The van der Waals surface area contributed by atoms with Crippen LogP contribution in [0.5, 0.6) is 0 Å². The van der Waals surface area contributed by atoms with Gasteiger partial charge in [0.05, 0.1) is 5.71 Å². The molecule has 0 N–H and O–H groups in total. The monoisotopic (exact) mass is 467 g/mol. The van der Waals surface area contributed by atoms with Crippen LogP contribution in [0, 0.1) is 18.7 Å². The highest BCUT2D eigenvalue weighted by molar-refractivity contribution is 6.07. The Balaban J connectivity index is 1.48. The Hall–Kier alpha value is -3.93. The molecule has 0 fully saturated rings. The summed E-state index contributed by atoms with van der Waals surface area (Å²) in [5.41, 5.74) is 5.90. The maximum atomic E-state index is 14.9. The van der Waals surface area contributed by atoms with E-state index in [1.807, 2.05) is 62.4 Å². The predicted octanol–water partition coefficient (Wildman–Crippen LogP) is 6.71. The molecule has 2 aliphatic rings. The molecule has 0 bridgehead atoms. The number of ketones is 1. The number of carbonyl (C=O) groups is 1. The number of nitrogens with zero attached hydrogens (tertiary/aromatic N) is 3. The molecule has 5 nitrogen and oxygen atoms in total. The van der Waals surface area contributed by atoms with E-state index in [-0.39, 0.29) is 23.6 Å². The van der Waals surface area contributed by atoms with Crippen molar-refractivity contribution >= 4 is 23.4 Å². The molecular formula is C29H26FN3O2. The van der Waals surface area contributed by atoms with E-state index in [9.17, 15) is 9.18 Å². The molecule has 0 aromatic heterocycles. The quantitative estimate of drug-likeness (QED) is 0.363. The number of benzene rings is 3. The van der Waals surface area contributed by atoms with Gasteiger partial charge in [-0.3, -0.25) is 4.79 Å². The maximum absolute atomic E-state index is 14.9. The maximum Gasteiger partial charge on any atom is 0.163 e. The van der Waals surface area contributed by atoms with Crippen molar-refractivity contribution in [2.45, 2.75) is 39.2 Å². The molecule has 0 aliphatic carbocycles. The van der Waals surface area contributed by atoms with Crippen molar-refractivity contribution in [1.29, 1.82) is 0 Å². The molecule has 3 aromatic rings. The first-order chi connectivity index (χ1) is 17.0. The Labute approximate surface area is 204 Å². The molecule has 2 heterocycles. The minimum absolute atomic E-state index is 0.0252. The van der Waals surface area contributed by atoms with Gasteiger partial charge in [0.2, 0.25) is 0 Å². The second-order valence-corrected chi connectivity index (χ2v) is 9.15. The highest BCUT2D eigenvalue weighted by atomic mass is 19.1. The molecule has 1 unspecified atom stereocenters. The summed E-state index contributed by atoms with van der Waals surface area (Å²) in [4.78, 5) is 19.0. The summed E-state index contributed by atoms with van der Waals surface area (Å²) in [5.74, 6) is -0.372. The van der Waals surface area contributed by atoms with Gasteiger partial charge in [0.1, 0.15) is 5.82 Å². The summed E-state index contributed by atoms with van der Waals surface area (Å²) in [6.45, 7) is 3.83. The molecule has 0 saturated heterocycles. The van der Waals surface area contributed by atoms with E-state index in [0.29, 0.717) is 36.0 Å². The Bertz CT molecular complexity index is 1360. The second kappa shape index (κ2) is 9.74. The van der Waals surface area contributed by atoms with Crippen molar-refractivity contribution in [3.63, 3.8) is 0 Å². The summed E-state index contributed by atoms with van der Waals surface area (Å²) in [7, 11) is 0. The Morgan fingerprint density at radius 2 is 1.89 bits per heavy atom. The van der Waals surface area contributed by atoms with Gasteiger partial charge in [0, 0.05) is 53.8 Å². The number of halogens is 1. The van der Waals surface area contributed by atoms with E-state index in [0.717, 1.165) is 28.1 Å². The van der Waals surface area contributed by atoms with Crippen LogP contribution in [0.2, 0.25) is 0 Å². The van der Waals surface area contributed by atoms with Crippen LogP contribution in [0.3, 0.4) is 0 Å². The third-order valence-electron chi connectivity index (χ3n) is 6.49. The number of Topliss-reactive ketones (excluding diaryl/α,β-unsaturated/α-hetero) is 1. The van der Waals surface area contributed by atoms with Crippen LogP contribution in [0.25, 0.3) is 11.1 Å². The van der Waals surface area contributed by atoms with E-state index >= 15 is 0 Å². The predicted molar refractivity (Wildman–Crippen MR) is 137 cm³/mol. The molecule has 0 spiro atoms. The van der Waals surface area contributed by atoms with Gasteiger partial charge in [0.25, 0.3) is 0 Å². The second-order valence-electron chi connectivity index (χ2n) is 9.15. The molecule has 2 atom stereocenters. The van der Waals surface area contributed by atoms with Crippen LogP contribution in [-0.4, -0.2) is 23.4 Å². The highest BCUT2D eigenvalue weighted by Crippen LogP contribution is 2.33. The van der Waals surface area contributed by atoms with Gasteiger partial charge in [-0.25, -0.2) is 4.39 Å². The zero-order valence-corrected chi connectivity index (χ0v) is 19.7. The van der Waals surface area contributed by atoms with Crippen LogP contribution < -0.4 is 0 Å². The average Bonchev–Trinajstić information content (AvgIpc) is 3.57. The lowest BCUT2D eigenvalue weighted by molar-refractivity contribution is 0.0857. The summed E-state index contributed by atoms with van der Waals surface area (Å²) < 4.78 is 14.9. The zero-order chi connectivity index (χ0) is 24.4. The van der Waals surface area contributed by atoms with Crippen molar-refractivity contribution in [3.8, 4) is 11.1 Å². The van der Waals surface area contributed by atoms with Crippen LogP contribution in [0.1, 0.15) is 59.3 Å². The van der Waals surface area contributed by atoms with E-state index in [1.165, 1.54) is 6.07 Å². The molecule has 0 amide bonds. The Kier molecular flexibility index (Phi) is 6.36. The molecule has 176 valence electrons. The van der Waals surface area contributed by atoms with Gasteiger partial charge < -0.3 is 4.84 Å². The third-order valence-corrected chi connectivity index (χ3v) is 6.49. The van der Waals surface area contributed by atoms with Crippen LogP contribution in [0.15, 0.2) is 82.1 Å². The summed E-state index contributed by atoms with van der Waals surface area (Å²) in [6, 6.07) is 20.5. The Morgan fingerprint density at radius 3 is 2.63 bits per heavy atom. The molecule has 0 saturated carbocycles. The summed E-state index contributed by atoms with van der Waals surface area (Å²) in [5, 5.41) is 12.4. The zero-order valence-electron chi connectivity index (χ0n) is 19.7. The van der Waals surface area contributed by atoms with Gasteiger partial charge in [-0.2, -0.15) is 10.2 Å². The van der Waals surface area contributed by atoms with Gasteiger partial charge in [-0.15, -0.1) is 0 Å². The largest absolute Gasteiger partial charge is 0.387 e. The van der Waals surface area contributed by atoms with Gasteiger partial charge in [0.15, 0.2) is 11.9 Å². The summed E-state index contributed by atoms with van der Waals surface area (Å²) >= 11 is 0. The summed E-state index contributed by atoms with van der Waals surface area (Å²) in [6.07, 6.45) is 3.10. The average molecular weight is 468 g/mol. The third kappa shape index (κ3) is 4.97. The van der Waals surface area contributed by atoms with E-state index in [1.54, 1.807) is 18.3 Å². The van der Waals surface area contributed by atoms with Crippen LogP contribution in [0.4, 0.5) is 4.39 Å². The van der Waals surface area contributed by atoms with Crippen molar-refractivity contribution in [3.05, 3.63) is 94.8 Å². The number of aryl methyl sites for hydroxylation is 1. The molecule has 3 aromatic carbocycles. The number of hydrogen-bond donors (Lipinski definition) is 0. The van der Waals surface area contributed by atoms with Crippen molar-refractivity contribution in [2.75, 3.05) is 0 Å². The fourth-order valence-corrected chi connectivity index (χ4v) is 4.46. The number of hydrogen-bond acceptors (Lipinski definition) is 5. The van der Waals surface area contributed by atoms with E-state index in [2.05, 4.69) is 15.4 Å². The van der Waals surface area contributed by atoms with Gasteiger partial charge in [-0.05, 0) is 47.9 Å². The van der Waals surface area contributed by atoms with Crippen LogP contribution >= 0.6 is 0 Å². The lowest BCUT2D eigenvalue weighted by Gasteiger charge is -2.13. The molecule has 5 rings (SSSR count). The number of oxime groups is 1. The first kappa shape index (κ1) is 22.8. The highest BCUT2D eigenvalue weighted by Gasteiger charge is 2.26. The van der Waals surface area contributed by atoms with E-state index < -0.39 is 0 Å². The molecule has 0 radical (unpaired) electrons. The number of carbonyl (C=O) groups excluding carboxylic acids is 1. The van der Waals surface area contributed by atoms with Gasteiger partial charge >= 0.3 is 0 Å². The smallest absolute Gasteiger partial charge is 0.163 e. The lowest BCUT2D eigenvalue weighted by atomic mass is 9.90. The molecule has 35 heavy (non-hydrogen) atoms. The fraction of sp³-hybridized carbons (Fsp3) is 0.241. The van der Waals surface area contributed by atoms with Crippen molar-refractivity contribution < 1.29 is 14.0 Å². The fourth-order valence-electron chi connectivity index (χ4n) is 4.46. The number of rotatable bonds is 7. The molecule has 6 heteroatoms.